The number of ether oxygens (including phenoxy) is 8. The molecule has 45 nitrogen and oxygen atoms in total. The molecule has 13 rings (SSSR count). The van der Waals surface area contributed by atoms with Crippen LogP contribution in [0.5, 0.6) is 29.3 Å². The molecule has 4 saturated heterocycles. The van der Waals surface area contributed by atoms with Crippen molar-refractivity contribution in [1.82, 2.24) is 83.2 Å². The molecule has 0 aliphatic carbocycles. The number of para-hydroxylation sites is 1. The SMILES string of the molecule is CCOc1nc(N)nc2c1ncn2[C@@H]1O[C@H](CO)[C@@H](O)[C@@]1(C)F.CCOc1nc(N)nc2c1ncn2[C@@H]1O[C@H](COP(=O)(CCCNP(C)(=O)OC[C@H]2O[C@@H](n3cnc4c(OC)nc(N)nc43)[C@](C)(O)[C@@H]2O)Oc2ccccc2)[C@@H](O)[C@@]1(C)F.COc1nc(N)nc2c1ncn2[C@@H]1O[C@H](CO)[C@@H](O)[C@@]1(C)O.CP(=O)(Cl)Cl.NCCN. The number of hydrogen-bond donors (Lipinski definition) is 15. The van der Waals surface area contributed by atoms with E-state index in [0.717, 1.165) is 6.92 Å². The molecule has 0 amide bonds. The summed E-state index contributed by atoms with van der Waals surface area (Å²) in [6, 6.07) is 8.22. The van der Waals surface area contributed by atoms with Crippen LogP contribution < -0.4 is 63.0 Å². The quantitative estimate of drug-likeness (QED) is 0.0271. The van der Waals surface area contributed by atoms with E-state index in [-0.39, 0.29) is 107 Å². The zero-order valence-electron chi connectivity index (χ0n) is 63.7. The lowest BCUT2D eigenvalue weighted by atomic mass is 9.96. The molecule has 8 aromatic heterocycles. The van der Waals surface area contributed by atoms with Crippen molar-refractivity contribution in [3.63, 3.8) is 0 Å². The number of halogens is 4. The summed E-state index contributed by atoms with van der Waals surface area (Å²) < 4.78 is 136. The monoisotopic (exact) mass is 1730 g/mol. The molecular weight excluding hydrogens is 1630 g/mol. The van der Waals surface area contributed by atoms with Crippen LogP contribution in [-0.2, 0) is 41.7 Å². The van der Waals surface area contributed by atoms with E-state index < -0.39 is 144 Å². The number of hydrogen-bond acceptors (Lipinski definition) is 40. The highest BCUT2D eigenvalue weighted by molar-refractivity contribution is 8.08. The van der Waals surface area contributed by atoms with Gasteiger partial charge in [0.2, 0.25) is 53.2 Å². The van der Waals surface area contributed by atoms with Crippen LogP contribution in [0.3, 0.4) is 0 Å². The number of rotatable bonds is 26. The number of nitrogen functional groups attached to an aromatic ring is 4. The number of imidazole rings is 4. The van der Waals surface area contributed by atoms with Crippen molar-refractivity contribution in [2.24, 2.45) is 11.5 Å². The zero-order valence-corrected chi connectivity index (χ0v) is 67.9. The van der Waals surface area contributed by atoms with Crippen molar-refractivity contribution in [3.8, 4) is 29.3 Å². The molecule has 9 aromatic rings. The van der Waals surface area contributed by atoms with Crippen LogP contribution in [0.2, 0.25) is 0 Å². The summed E-state index contributed by atoms with van der Waals surface area (Å²) in [4.78, 5) is 49.2. The predicted molar refractivity (Wildman–Crippen MR) is 409 cm³/mol. The molecule has 0 radical (unpaired) electrons. The van der Waals surface area contributed by atoms with Gasteiger partial charge in [-0.3, -0.25) is 31.9 Å². The average Bonchev–Trinajstić information content (AvgIpc) is 1.61. The van der Waals surface area contributed by atoms with Crippen LogP contribution in [0.4, 0.5) is 32.6 Å². The first-order valence-electron chi connectivity index (χ1n) is 35.1. The number of nitrogens with two attached hydrogens (primary N) is 6. The number of benzene rings is 1. The van der Waals surface area contributed by atoms with E-state index in [1.165, 1.54) is 91.9 Å². The molecular formula is C63H94Cl2F2N23O22P3. The Kier molecular flexibility index (Phi) is 29.5. The molecule has 0 spiro atoms. The molecule has 4 fully saturated rings. The normalized spacial score (nSPS) is 28.2. The maximum absolute atomic E-state index is 16.3. The van der Waals surface area contributed by atoms with Crippen LogP contribution in [0.1, 0.15) is 72.9 Å². The number of aliphatic hydroxyl groups is 8. The Labute approximate surface area is 663 Å². The highest BCUT2D eigenvalue weighted by Gasteiger charge is 2.59. The Balaban J connectivity index is 0.000000226. The van der Waals surface area contributed by atoms with Crippen molar-refractivity contribution >= 4 is 112 Å². The summed E-state index contributed by atoms with van der Waals surface area (Å²) >= 11 is 9.70. The Morgan fingerprint density at radius 2 is 0.861 bits per heavy atom. The fourth-order valence-corrected chi connectivity index (χ4v) is 15.1. The summed E-state index contributed by atoms with van der Waals surface area (Å²) in [6.07, 6.45) is -10.2. The van der Waals surface area contributed by atoms with Gasteiger partial charge in [0.05, 0.1) is 85.3 Å². The molecule has 4 aliphatic rings. The summed E-state index contributed by atoms with van der Waals surface area (Å²) in [5.74, 6) is -2.24. The Bertz CT molecular complexity index is 4920. The molecule has 12 heterocycles. The van der Waals surface area contributed by atoms with E-state index in [1.54, 1.807) is 44.2 Å². The highest BCUT2D eigenvalue weighted by Crippen LogP contribution is 2.53. The Morgan fingerprint density at radius 3 is 1.23 bits per heavy atom. The van der Waals surface area contributed by atoms with Gasteiger partial charge < -0.3 is 122 Å². The maximum atomic E-state index is 16.3. The first-order chi connectivity index (χ1) is 54.1. The van der Waals surface area contributed by atoms with Gasteiger partial charge in [0.25, 0.3) is 7.52 Å². The number of aromatic nitrogens is 16. The van der Waals surface area contributed by atoms with Gasteiger partial charge in [-0.15, -0.1) is 0 Å². The maximum Gasteiger partial charge on any atom is 0.379 e. The Morgan fingerprint density at radius 1 is 0.530 bits per heavy atom. The van der Waals surface area contributed by atoms with Crippen molar-refractivity contribution in [1.29, 1.82) is 0 Å². The standard InChI is InChI=1S/C35H48FN11O12P2.C13H18FN5O4.C12H17N5O5.C2H8N2.CH3Cl2OP/c1-6-54-29-23-27(43-33(38)45-29)46(17-40-23)30-34(2,36)24(48)20(57-30)16-56-61(52,59-19-11-8-7-9-12-19)14-10-13-41-60(5,51)55-15-21-25(49)35(3,50)31(58-21)47-18-39-22-26(47)42-32(37)44-28(22)53-4;1-3-22-10-7-9(17-12(15)18-10)19(5-16-7)11-13(2,14)8(21)6(4-20)23-11;1-12(20)7(19)5(3-18)22-10(12)17-4-14-6-8(17)15-11(13)16-9(6)21-2;3-1-2-4;1-5(2,3)4/h7-9,11-12,17-18,20-21,24-25,30-31,48-50H,6,10,13-16H2,1-5H3,(H,41,51)(H2,37,42,44)(H2,38,43,45);5-6,8,11,20-21H,3-4H2,1-2H3,(H2,15,17,18);4-5,7,10,18-20H,3H2,1-2H3,(H2,13,15,16);1-4H2;1H3/t20-,21-,24-,25-,30-,31-,34-,35-,60?,61?;6-,8-,11-,13-;5-,7-,10-,12-;;/m111../s1. The number of nitrogens with one attached hydrogen (secondary N) is 1. The van der Waals surface area contributed by atoms with Gasteiger partial charge in [-0.2, -0.15) is 39.9 Å². The van der Waals surface area contributed by atoms with Crippen LogP contribution in [-0.4, -0.2) is 283 Å². The van der Waals surface area contributed by atoms with Gasteiger partial charge in [0.15, 0.2) is 80.9 Å². The van der Waals surface area contributed by atoms with E-state index in [2.05, 4.69) is 64.9 Å². The van der Waals surface area contributed by atoms with Crippen LogP contribution in [0.25, 0.3) is 44.7 Å². The topological polar surface area (TPSA) is 657 Å². The van der Waals surface area contributed by atoms with Crippen molar-refractivity contribution < 1.29 is 115 Å². The van der Waals surface area contributed by atoms with Crippen molar-refractivity contribution in [2.75, 3.05) is 116 Å². The van der Waals surface area contributed by atoms with Gasteiger partial charge >= 0.3 is 7.60 Å². The van der Waals surface area contributed by atoms with E-state index >= 15 is 4.39 Å². The van der Waals surface area contributed by atoms with E-state index in [1.807, 2.05) is 0 Å². The summed E-state index contributed by atoms with van der Waals surface area (Å²) in [5.41, 5.74) is 26.6. The number of alkyl halides is 2. The fraction of sp³-hybridized carbons (Fsp3) is 0.587. The molecule has 636 valence electrons. The van der Waals surface area contributed by atoms with Gasteiger partial charge in [0.1, 0.15) is 65.8 Å². The molecule has 4 aliphatic heterocycles. The molecule has 1 aromatic carbocycles. The third kappa shape index (κ3) is 20.4. The molecule has 0 saturated carbocycles. The van der Waals surface area contributed by atoms with Gasteiger partial charge in [0, 0.05) is 33.0 Å². The Hall–Kier alpha value is -7.93. The first-order valence-corrected chi connectivity index (χ1v) is 42.9. The minimum atomic E-state index is -4.07. The molecule has 0 bridgehead atoms. The summed E-state index contributed by atoms with van der Waals surface area (Å²) in [6.45, 7) is 11.1. The summed E-state index contributed by atoms with van der Waals surface area (Å²) in [7, 11) is -4.86. The zero-order chi connectivity index (χ0) is 84.7. The largest absolute Gasteiger partial charge is 0.479 e. The number of methoxy groups -OCH3 is 2. The second-order valence-corrected chi connectivity index (χ2v) is 37.1. The fourth-order valence-electron chi connectivity index (χ4n) is 12.3. The van der Waals surface area contributed by atoms with Crippen LogP contribution in [0.15, 0.2) is 55.6 Å². The molecule has 21 N–H and O–H groups in total. The number of aliphatic hydroxyl groups excluding tert-OH is 6. The van der Waals surface area contributed by atoms with Crippen LogP contribution in [0, 0.1) is 0 Å². The average molecular weight is 1730 g/mol. The summed E-state index contributed by atoms with van der Waals surface area (Å²) in [5, 5.41) is 85.3. The molecule has 2 unspecified atom stereocenters. The first kappa shape index (κ1) is 91.0. The van der Waals surface area contributed by atoms with Crippen molar-refractivity contribution in [2.45, 2.75) is 144 Å². The molecule has 18 atom stereocenters. The van der Waals surface area contributed by atoms with E-state index in [4.69, 9.17) is 108 Å². The third-order valence-corrected chi connectivity index (χ3v) is 21.3. The minimum Gasteiger partial charge on any atom is -0.479 e. The number of anilines is 4. The van der Waals surface area contributed by atoms with Gasteiger partial charge in [-0.25, -0.2) is 38.4 Å². The lowest BCUT2D eigenvalue weighted by Gasteiger charge is -2.27. The number of nitrogens with zero attached hydrogens (tertiary/aromatic N) is 16. The smallest absolute Gasteiger partial charge is 0.379 e. The number of fused-ring (bicyclic) bond motifs is 4. The van der Waals surface area contributed by atoms with Gasteiger partial charge in [-0.1, -0.05) is 18.2 Å². The van der Waals surface area contributed by atoms with Crippen molar-refractivity contribution in [3.05, 3.63) is 55.6 Å². The lowest BCUT2D eigenvalue weighted by Crippen LogP contribution is -2.44. The van der Waals surface area contributed by atoms with Crippen LogP contribution >= 0.6 is 43.4 Å². The predicted octanol–water partition coefficient (Wildman–Crippen LogP) is 1.74. The van der Waals surface area contributed by atoms with Gasteiger partial charge in [-0.05, 0) is 82.6 Å². The van der Waals surface area contributed by atoms with E-state index in [0.29, 0.717) is 36.4 Å². The molecule has 115 heavy (non-hydrogen) atoms. The lowest BCUT2D eigenvalue weighted by molar-refractivity contribution is -0.0950. The molecule has 52 heteroatoms. The second kappa shape index (κ2) is 37.3. The minimum absolute atomic E-state index is 0.00666. The van der Waals surface area contributed by atoms with E-state index in [9.17, 15) is 58.9 Å². The highest BCUT2D eigenvalue weighted by atomic mass is 35.9. The second-order valence-electron chi connectivity index (χ2n) is 26.9. The third-order valence-electron chi connectivity index (χ3n) is 18.0.